The van der Waals surface area contributed by atoms with Crippen molar-refractivity contribution in [3.63, 3.8) is 0 Å². The van der Waals surface area contributed by atoms with Crippen molar-refractivity contribution >= 4 is 19.8 Å². The lowest BCUT2D eigenvalue weighted by Crippen LogP contribution is -2.29. The van der Waals surface area contributed by atoms with Gasteiger partial charge in [-0.3, -0.25) is 14.1 Å². The van der Waals surface area contributed by atoms with Gasteiger partial charge >= 0.3 is 19.8 Å². The quantitative estimate of drug-likeness (QED) is 0.0325. The van der Waals surface area contributed by atoms with E-state index in [0.29, 0.717) is 6.42 Å². The van der Waals surface area contributed by atoms with Crippen molar-refractivity contribution in [1.82, 2.24) is 0 Å². The molecule has 9 heteroatoms. The molecule has 0 radical (unpaired) electrons. The lowest BCUT2D eigenvalue weighted by molar-refractivity contribution is -0.161. The van der Waals surface area contributed by atoms with Crippen molar-refractivity contribution in [3.8, 4) is 0 Å². The van der Waals surface area contributed by atoms with E-state index in [-0.39, 0.29) is 19.4 Å². The molecule has 43 heavy (non-hydrogen) atoms. The number of hydrogen-bond acceptors (Lipinski definition) is 6. The lowest BCUT2D eigenvalue weighted by atomic mass is 10.0. The monoisotopic (exact) mass is 632 g/mol. The first-order valence-electron chi connectivity index (χ1n) is 17.5. The predicted molar refractivity (Wildman–Crippen MR) is 175 cm³/mol. The van der Waals surface area contributed by atoms with Gasteiger partial charge in [-0.2, -0.15) is 0 Å². The third-order valence-electron chi connectivity index (χ3n) is 7.53. The predicted octanol–water partition coefficient (Wildman–Crippen LogP) is 9.90. The molecule has 0 bridgehead atoms. The molecule has 0 amide bonds. The minimum Gasteiger partial charge on any atom is -0.462 e. The number of hydrogen-bond donors (Lipinski definition) is 2. The van der Waals surface area contributed by atoms with E-state index in [1.165, 1.54) is 83.5 Å². The molecule has 0 saturated carbocycles. The fourth-order valence-electron chi connectivity index (χ4n) is 4.88. The minimum atomic E-state index is -4.74. The Kier molecular flexibility index (Phi) is 29.9. The van der Waals surface area contributed by atoms with Crippen LogP contribution in [-0.4, -0.2) is 41.0 Å². The van der Waals surface area contributed by atoms with Crippen LogP contribution in [0.15, 0.2) is 12.2 Å². The molecule has 0 heterocycles. The molecule has 0 aromatic carbocycles. The molecule has 0 spiro atoms. The van der Waals surface area contributed by atoms with E-state index in [1.54, 1.807) is 0 Å². The van der Waals surface area contributed by atoms with Gasteiger partial charge in [0.05, 0.1) is 6.61 Å². The number of phosphoric ester groups is 1. The van der Waals surface area contributed by atoms with Gasteiger partial charge in [0, 0.05) is 12.8 Å². The summed E-state index contributed by atoms with van der Waals surface area (Å²) in [7, 11) is -4.74. The van der Waals surface area contributed by atoms with Crippen LogP contribution >= 0.6 is 7.82 Å². The van der Waals surface area contributed by atoms with E-state index in [9.17, 15) is 14.2 Å². The molecule has 0 saturated heterocycles. The molecular weight excluding hydrogens is 567 g/mol. The molecule has 0 aromatic rings. The van der Waals surface area contributed by atoms with Gasteiger partial charge in [-0.1, -0.05) is 142 Å². The molecule has 0 fully saturated rings. The number of esters is 2. The van der Waals surface area contributed by atoms with Crippen LogP contribution in [0.25, 0.3) is 0 Å². The zero-order valence-electron chi connectivity index (χ0n) is 27.6. The summed E-state index contributed by atoms with van der Waals surface area (Å²) in [6.07, 6.45) is 30.8. The normalized spacial score (nSPS) is 12.6. The topological polar surface area (TPSA) is 119 Å². The Morgan fingerprint density at radius 2 is 1.00 bits per heavy atom. The SMILES string of the molecule is CCCC/C=C/CCCCCCCC(=O)O[C@H](COC(=O)CCCCCCCCCCCCCCCC)COP(=O)(O)O. The second-order valence-electron chi connectivity index (χ2n) is 11.8. The number of phosphoric acid groups is 1. The standard InChI is InChI=1S/C34H65O8P/c1-3-5-7-9-11-13-15-16-17-19-20-22-24-26-28-33(35)40-30-32(31-41-43(37,38)39)42-34(36)29-27-25-23-21-18-14-12-10-8-6-4-2/h10,12,32H,3-9,11,13-31H2,1-2H3,(H2,37,38,39)/b12-10+/t32-/m1/s1. The highest BCUT2D eigenvalue weighted by Gasteiger charge is 2.22. The maximum Gasteiger partial charge on any atom is 0.469 e. The van der Waals surface area contributed by atoms with E-state index in [0.717, 1.165) is 57.8 Å². The number of ether oxygens (including phenoxy) is 2. The van der Waals surface area contributed by atoms with Crippen molar-refractivity contribution < 1.29 is 37.9 Å². The summed E-state index contributed by atoms with van der Waals surface area (Å²) >= 11 is 0. The Morgan fingerprint density at radius 1 is 0.581 bits per heavy atom. The van der Waals surface area contributed by atoms with E-state index >= 15 is 0 Å². The van der Waals surface area contributed by atoms with Crippen molar-refractivity contribution in [1.29, 1.82) is 0 Å². The molecular formula is C34H65O8P. The third-order valence-corrected chi connectivity index (χ3v) is 8.02. The molecule has 2 N–H and O–H groups in total. The molecule has 0 unspecified atom stereocenters. The summed E-state index contributed by atoms with van der Waals surface area (Å²) in [4.78, 5) is 42.5. The highest BCUT2D eigenvalue weighted by molar-refractivity contribution is 7.46. The summed E-state index contributed by atoms with van der Waals surface area (Å²) in [6.45, 7) is 3.62. The second-order valence-corrected chi connectivity index (χ2v) is 13.1. The Bertz CT molecular complexity index is 721. The van der Waals surface area contributed by atoms with Gasteiger partial charge < -0.3 is 19.3 Å². The molecule has 0 aliphatic carbocycles. The van der Waals surface area contributed by atoms with Gasteiger partial charge in [-0.25, -0.2) is 4.57 Å². The average molecular weight is 633 g/mol. The van der Waals surface area contributed by atoms with Crippen LogP contribution in [0.3, 0.4) is 0 Å². The molecule has 0 aliphatic heterocycles. The fraction of sp³-hybridized carbons (Fsp3) is 0.882. The van der Waals surface area contributed by atoms with Crippen molar-refractivity contribution in [2.75, 3.05) is 13.2 Å². The summed E-state index contributed by atoms with van der Waals surface area (Å²) in [5.74, 6) is -0.891. The maximum atomic E-state index is 12.3. The summed E-state index contributed by atoms with van der Waals surface area (Å²) in [5, 5.41) is 0. The smallest absolute Gasteiger partial charge is 0.462 e. The van der Waals surface area contributed by atoms with Gasteiger partial charge in [0.15, 0.2) is 6.10 Å². The van der Waals surface area contributed by atoms with Crippen LogP contribution in [0.2, 0.25) is 0 Å². The van der Waals surface area contributed by atoms with Crippen LogP contribution in [0.5, 0.6) is 0 Å². The first-order valence-corrected chi connectivity index (χ1v) is 19.0. The van der Waals surface area contributed by atoms with E-state index < -0.39 is 32.5 Å². The van der Waals surface area contributed by atoms with Gasteiger partial charge in [-0.05, 0) is 32.1 Å². The second kappa shape index (κ2) is 30.8. The summed E-state index contributed by atoms with van der Waals surface area (Å²) < 4.78 is 26.2. The number of carbonyl (C=O) groups excluding carboxylic acids is 2. The van der Waals surface area contributed by atoms with Gasteiger partial charge in [0.25, 0.3) is 0 Å². The first-order chi connectivity index (χ1) is 20.8. The summed E-state index contributed by atoms with van der Waals surface area (Å²) in [6, 6.07) is 0. The zero-order chi connectivity index (χ0) is 31.9. The van der Waals surface area contributed by atoms with Gasteiger partial charge in [-0.15, -0.1) is 0 Å². The highest BCUT2D eigenvalue weighted by atomic mass is 31.2. The third kappa shape index (κ3) is 33.5. The average Bonchev–Trinajstić information content (AvgIpc) is 2.97. The van der Waals surface area contributed by atoms with Gasteiger partial charge in [0.2, 0.25) is 0 Å². The Balaban J connectivity index is 3.97. The number of rotatable bonds is 32. The molecule has 254 valence electrons. The van der Waals surface area contributed by atoms with Crippen LogP contribution in [-0.2, 0) is 28.2 Å². The van der Waals surface area contributed by atoms with E-state index in [1.807, 2.05) is 0 Å². The van der Waals surface area contributed by atoms with Crippen LogP contribution < -0.4 is 0 Å². The molecule has 0 rings (SSSR count). The van der Waals surface area contributed by atoms with Crippen molar-refractivity contribution in [3.05, 3.63) is 12.2 Å². The van der Waals surface area contributed by atoms with E-state index in [4.69, 9.17) is 19.3 Å². The minimum absolute atomic E-state index is 0.205. The summed E-state index contributed by atoms with van der Waals surface area (Å²) in [5.41, 5.74) is 0. The zero-order valence-corrected chi connectivity index (χ0v) is 28.5. The number of carbonyl (C=O) groups is 2. The highest BCUT2D eigenvalue weighted by Crippen LogP contribution is 2.36. The Labute approximate surface area is 263 Å². The van der Waals surface area contributed by atoms with Crippen LogP contribution in [0.4, 0.5) is 0 Å². The number of allylic oxidation sites excluding steroid dienone is 2. The number of unbranched alkanes of at least 4 members (excludes halogenated alkanes) is 20. The van der Waals surface area contributed by atoms with Crippen LogP contribution in [0, 0.1) is 0 Å². The maximum absolute atomic E-state index is 12.3. The van der Waals surface area contributed by atoms with Crippen molar-refractivity contribution in [2.45, 2.75) is 180 Å². The van der Waals surface area contributed by atoms with Crippen molar-refractivity contribution in [2.24, 2.45) is 0 Å². The van der Waals surface area contributed by atoms with E-state index in [2.05, 4.69) is 30.5 Å². The fourth-order valence-corrected chi connectivity index (χ4v) is 5.24. The largest absolute Gasteiger partial charge is 0.469 e. The lowest BCUT2D eigenvalue weighted by Gasteiger charge is -2.18. The Morgan fingerprint density at radius 3 is 1.49 bits per heavy atom. The van der Waals surface area contributed by atoms with Gasteiger partial charge in [0.1, 0.15) is 6.61 Å². The van der Waals surface area contributed by atoms with Crippen LogP contribution in [0.1, 0.15) is 174 Å². The molecule has 0 aromatic heterocycles. The Hall–Kier alpha value is -1.21. The first kappa shape index (κ1) is 41.8. The molecule has 0 aliphatic rings. The molecule has 1 atom stereocenters. The molecule has 8 nitrogen and oxygen atoms in total.